The van der Waals surface area contributed by atoms with Crippen molar-refractivity contribution in [1.29, 1.82) is 5.26 Å². The number of nitrogens with zero attached hydrogens (tertiary/aromatic N) is 2. The standard InChI is InChI=1S/C12H14N4O2S/c1-18-7-11(17)15-9-3-5-10(6-4-9)16-12(19-2)14-8-13/h3-6H,7H2,1-2H3,(H,14,16)(H,15,17). The van der Waals surface area contributed by atoms with Gasteiger partial charge in [-0.15, -0.1) is 0 Å². The molecule has 6 nitrogen and oxygen atoms in total. The van der Waals surface area contributed by atoms with Crippen LogP contribution in [0, 0.1) is 11.5 Å². The second-order valence-corrected chi connectivity index (χ2v) is 4.18. The van der Waals surface area contributed by atoms with Gasteiger partial charge in [-0.05, 0) is 30.5 Å². The van der Waals surface area contributed by atoms with Crippen LogP contribution in [0.3, 0.4) is 0 Å². The molecule has 1 amide bonds. The minimum absolute atomic E-state index is 0.0165. The Labute approximate surface area is 115 Å². The molecule has 0 atom stereocenters. The molecule has 0 heterocycles. The van der Waals surface area contributed by atoms with Gasteiger partial charge in [-0.25, -0.2) is 4.99 Å². The van der Waals surface area contributed by atoms with Crippen molar-refractivity contribution in [1.82, 2.24) is 5.32 Å². The van der Waals surface area contributed by atoms with Gasteiger partial charge in [0, 0.05) is 12.8 Å². The van der Waals surface area contributed by atoms with Gasteiger partial charge in [-0.1, -0.05) is 11.8 Å². The van der Waals surface area contributed by atoms with Crippen LogP contribution in [-0.4, -0.2) is 31.0 Å². The predicted octanol–water partition coefficient (Wildman–Crippen LogP) is 1.69. The van der Waals surface area contributed by atoms with Gasteiger partial charge in [0.2, 0.25) is 5.91 Å². The number of carbonyl (C=O) groups excluding carboxylic acids is 1. The lowest BCUT2D eigenvalue weighted by molar-refractivity contribution is -0.119. The SMILES string of the molecule is COCC(=O)Nc1ccc(N=C(NC#N)SC)cc1. The van der Waals surface area contributed by atoms with Crippen LogP contribution in [0.25, 0.3) is 0 Å². The number of hydrogen-bond donors (Lipinski definition) is 2. The Kier molecular flexibility index (Phi) is 6.43. The van der Waals surface area contributed by atoms with Gasteiger partial charge in [-0.3, -0.25) is 10.1 Å². The van der Waals surface area contributed by atoms with E-state index in [-0.39, 0.29) is 12.5 Å². The molecule has 100 valence electrons. The zero-order valence-electron chi connectivity index (χ0n) is 10.6. The van der Waals surface area contributed by atoms with Crippen molar-refractivity contribution in [3.05, 3.63) is 24.3 Å². The monoisotopic (exact) mass is 278 g/mol. The van der Waals surface area contributed by atoms with Crippen molar-refractivity contribution in [3.63, 3.8) is 0 Å². The third-order valence-corrected chi connectivity index (χ3v) is 2.59. The van der Waals surface area contributed by atoms with E-state index in [0.29, 0.717) is 16.5 Å². The summed E-state index contributed by atoms with van der Waals surface area (Å²) < 4.78 is 4.72. The summed E-state index contributed by atoms with van der Waals surface area (Å²) in [5.74, 6) is -0.213. The Balaban J connectivity index is 2.71. The van der Waals surface area contributed by atoms with Crippen LogP contribution in [0.15, 0.2) is 29.3 Å². The first-order valence-electron chi connectivity index (χ1n) is 5.36. The highest BCUT2D eigenvalue weighted by Crippen LogP contribution is 2.17. The van der Waals surface area contributed by atoms with Gasteiger partial charge < -0.3 is 10.1 Å². The number of hydrogen-bond acceptors (Lipinski definition) is 5. The van der Waals surface area contributed by atoms with Crippen molar-refractivity contribution in [2.45, 2.75) is 0 Å². The van der Waals surface area contributed by atoms with Crippen LogP contribution in [0.4, 0.5) is 11.4 Å². The highest BCUT2D eigenvalue weighted by molar-refractivity contribution is 8.13. The molecular weight excluding hydrogens is 264 g/mol. The summed E-state index contributed by atoms with van der Waals surface area (Å²) in [6.07, 6.45) is 3.64. The molecule has 7 heteroatoms. The average Bonchev–Trinajstić information content (AvgIpc) is 2.40. The molecule has 0 bridgehead atoms. The van der Waals surface area contributed by atoms with Crippen LogP contribution in [0.2, 0.25) is 0 Å². The number of thioether (sulfide) groups is 1. The zero-order chi connectivity index (χ0) is 14.1. The van der Waals surface area contributed by atoms with E-state index in [1.807, 2.05) is 12.4 Å². The van der Waals surface area contributed by atoms with Crippen LogP contribution < -0.4 is 10.6 Å². The zero-order valence-corrected chi connectivity index (χ0v) is 11.5. The molecule has 0 aliphatic rings. The van der Waals surface area contributed by atoms with Crippen LogP contribution in [-0.2, 0) is 9.53 Å². The molecule has 0 aromatic heterocycles. The van der Waals surface area contributed by atoms with Crippen molar-refractivity contribution >= 4 is 34.2 Å². The number of ether oxygens (including phenoxy) is 1. The average molecular weight is 278 g/mol. The van der Waals surface area contributed by atoms with Crippen LogP contribution in [0.5, 0.6) is 0 Å². The summed E-state index contributed by atoms with van der Waals surface area (Å²) in [4.78, 5) is 15.5. The molecule has 1 rings (SSSR count). The number of benzene rings is 1. The lowest BCUT2D eigenvalue weighted by atomic mass is 10.3. The Morgan fingerprint density at radius 1 is 1.47 bits per heavy atom. The lowest BCUT2D eigenvalue weighted by Gasteiger charge is -2.05. The Bertz CT molecular complexity index is 493. The molecule has 0 spiro atoms. The summed E-state index contributed by atoms with van der Waals surface area (Å²) in [5.41, 5.74) is 1.36. The van der Waals surface area contributed by atoms with Gasteiger partial charge in [0.15, 0.2) is 11.4 Å². The fraction of sp³-hybridized carbons (Fsp3) is 0.250. The molecule has 2 N–H and O–H groups in total. The number of amidine groups is 1. The van der Waals surface area contributed by atoms with E-state index in [0.717, 1.165) is 0 Å². The molecule has 0 unspecified atom stereocenters. The number of anilines is 1. The normalized spacial score (nSPS) is 10.7. The molecule has 0 aliphatic carbocycles. The molecule has 0 fully saturated rings. The predicted molar refractivity (Wildman–Crippen MR) is 76.3 cm³/mol. The molecule has 0 aliphatic heterocycles. The molecule has 1 aromatic carbocycles. The maximum absolute atomic E-state index is 11.3. The summed E-state index contributed by atoms with van der Waals surface area (Å²) in [7, 11) is 1.46. The molecule has 19 heavy (non-hydrogen) atoms. The van der Waals surface area contributed by atoms with Gasteiger partial charge in [0.05, 0.1) is 5.69 Å². The quantitative estimate of drug-likeness (QED) is 0.379. The van der Waals surface area contributed by atoms with E-state index in [4.69, 9.17) is 10.00 Å². The van der Waals surface area contributed by atoms with Crippen molar-refractivity contribution < 1.29 is 9.53 Å². The third-order valence-electron chi connectivity index (χ3n) is 2.01. The van der Waals surface area contributed by atoms with Gasteiger partial charge in [0.25, 0.3) is 0 Å². The molecule has 0 saturated carbocycles. The Morgan fingerprint density at radius 3 is 2.68 bits per heavy atom. The second-order valence-electron chi connectivity index (χ2n) is 3.39. The van der Waals surface area contributed by atoms with E-state index < -0.39 is 0 Å². The van der Waals surface area contributed by atoms with E-state index in [1.165, 1.54) is 18.9 Å². The van der Waals surface area contributed by atoms with Crippen LogP contribution in [0.1, 0.15) is 0 Å². The van der Waals surface area contributed by atoms with Crippen molar-refractivity contribution in [2.75, 3.05) is 25.3 Å². The maximum atomic E-state index is 11.3. The summed E-state index contributed by atoms with van der Waals surface area (Å²) in [5, 5.41) is 14.2. The number of aliphatic imine (C=N–C) groups is 1. The van der Waals surface area contributed by atoms with E-state index >= 15 is 0 Å². The van der Waals surface area contributed by atoms with Crippen molar-refractivity contribution in [3.8, 4) is 6.19 Å². The smallest absolute Gasteiger partial charge is 0.250 e. The minimum atomic E-state index is -0.213. The number of nitrogens with one attached hydrogen (secondary N) is 2. The first-order chi connectivity index (χ1) is 9.19. The third kappa shape index (κ3) is 5.42. The number of amides is 1. The first-order valence-corrected chi connectivity index (χ1v) is 6.58. The number of nitriles is 1. The lowest BCUT2D eigenvalue weighted by Crippen LogP contribution is -2.16. The highest BCUT2D eigenvalue weighted by Gasteiger charge is 2.01. The van der Waals surface area contributed by atoms with Crippen molar-refractivity contribution in [2.24, 2.45) is 4.99 Å². The first kappa shape index (κ1) is 15.0. The summed E-state index contributed by atoms with van der Waals surface area (Å²) in [6.45, 7) is 0.0165. The van der Waals surface area contributed by atoms with E-state index in [2.05, 4.69) is 15.6 Å². The van der Waals surface area contributed by atoms with E-state index in [9.17, 15) is 4.79 Å². The molecular formula is C12H14N4O2S. The number of methoxy groups -OCH3 is 1. The molecule has 0 radical (unpaired) electrons. The highest BCUT2D eigenvalue weighted by atomic mass is 32.2. The maximum Gasteiger partial charge on any atom is 0.250 e. The fourth-order valence-electron chi connectivity index (χ4n) is 1.24. The Hall–Kier alpha value is -2.04. The second kappa shape index (κ2) is 8.13. The fourth-order valence-corrected chi connectivity index (χ4v) is 1.58. The summed E-state index contributed by atoms with van der Waals surface area (Å²) >= 11 is 1.34. The molecule has 1 aromatic rings. The van der Waals surface area contributed by atoms with Gasteiger partial charge >= 0.3 is 0 Å². The topological polar surface area (TPSA) is 86.5 Å². The Morgan fingerprint density at radius 2 is 2.16 bits per heavy atom. The largest absolute Gasteiger partial charge is 0.375 e. The number of carbonyl (C=O) groups is 1. The minimum Gasteiger partial charge on any atom is -0.375 e. The number of rotatable bonds is 4. The van der Waals surface area contributed by atoms with Gasteiger partial charge in [-0.2, -0.15) is 5.26 Å². The summed E-state index contributed by atoms with van der Waals surface area (Å²) in [6, 6.07) is 6.96. The molecule has 0 saturated heterocycles. The van der Waals surface area contributed by atoms with Crippen LogP contribution >= 0.6 is 11.8 Å². The van der Waals surface area contributed by atoms with E-state index in [1.54, 1.807) is 24.3 Å². The van der Waals surface area contributed by atoms with Gasteiger partial charge in [0.1, 0.15) is 6.61 Å².